The van der Waals surface area contributed by atoms with Gasteiger partial charge in [0.1, 0.15) is 0 Å². The molecule has 0 radical (unpaired) electrons. The van der Waals surface area contributed by atoms with Crippen molar-refractivity contribution in [1.82, 2.24) is 19.8 Å². The van der Waals surface area contributed by atoms with Crippen LogP contribution in [0.4, 0.5) is 0 Å². The van der Waals surface area contributed by atoms with Gasteiger partial charge in [0.05, 0.1) is 16.8 Å². The number of rotatable bonds is 3. The molecule has 1 saturated heterocycles. The maximum absolute atomic E-state index is 13.4. The smallest absolute Gasteiger partial charge is 0.254 e. The van der Waals surface area contributed by atoms with E-state index in [-0.39, 0.29) is 11.9 Å². The number of carbonyl (C=O) groups is 1. The Morgan fingerprint density at radius 3 is 2.56 bits per heavy atom. The van der Waals surface area contributed by atoms with E-state index in [1.165, 1.54) is 0 Å². The van der Waals surface area contributed by atoms with Crippen LogP contribution in [0.1, 0.15) is 23.2 Å². The second kappa shape index (κ2) is 7.45. The summed E-state index contributed by atoms with van der Waals surface area (Å²) in [6.45, 7) is 2.06. The Kier molecular flexibility index (Phi) is 4.86. The molecule has 1 aliphatic rings. The molecule has 4 rings (SSSR count). The Hall–Kier alpha value is -2.79. The average Bonchev–Trinajstić information content (AvgIpc) is 2.73. The summed E-state index contributed by atoms with van der Waals surface area (Å²) in [6.07, 6.45) is 5.52. The van der Waals surface area contributed by atoms with Crippen molar-refractivity contribution in [2.24, 2.45) is 0 Å². The van der Waals surface area contributed by atoms with Crippen molar-refractivity contribution >= 4 is 16.8 Å². The van der Waals surface area contributed by atoms with Crippen LogP contribution in [0.5, 0.6) is 0 Å². The molecule has 0 spiro atoms. The highest BCUT2D eigenvalue weighted by atomic mass is 16.2. The summed E-state index contributed by atoms with van der Waals surface area (Å²) in [5.74, 6) is 0.0680. The Bertz CT molecular complexity index is 949. The van der Waals surface area contributed by atoms with Crippen molar-refractivity contribution in [3.05, 3.63) is 60.4 Å². The molecule has 1 aromatic carbocycles. The van der Waals surface area contributed by atoms with E-state index in [0.717, 1.165) is 48.1 Å². The SMILES string of the molecule is CN1CCC(N(C)C(=O)c2cc(-c3ccncc3)nc3ccccc23)CC1. The molecule has 1 amide bonds. The quantitative estimate of drug-likeness (QED) is 0.718. The van der Waals surface area contributed by atoms with E-state index in [9.17, 15) is 4.79 Å². The van der Waals surface area contributed by atoms with Gasteiger partial charge in [-0.25, -0.2) is 4.98 Å². The van der Waals surface area contributed by atoms with Gasteiger partial charge in [0.2, 0.25) is 0 Å². The van der Waals surface area contributed by atoms with Gasteiger partial charge >= 0.3 is 0 Å². The minimum atomic E-state index is 0.0680. The number of nitrogens with zero attached hydrogens (tertiary/aromatic N) is 4. The fourth-order valence-electron chi connectivity index (χ4n) is 3.76. The maximum Gasteiger partial charge on any atom is 0.254 e. The molecule has 0 unspecified atom stereocenters. The Labute approximate surface area is 159 Å². The van der Waals surface area contributed by atoms with Crippen LogP contribution >= 0.6 is 0 Å². The predicted molar refractivity (Wildman–Crippen MR) is 108 cm³/mol. The van der Waals surface area contributed by atoms with Crippen molar-refractivity contribution in [3.63, 3.8) is 0 Å². The monoisotopic (exact) mass is 360 g/mol. The predicted octanol–water partition coefficient (Wildman–Crippen LogP) is 3.46. The molecule has 0 saturated carbocycles. The summed E-state index contributed by atoms with van der Waals surface area (Å²) in [6, 6.07) is 13.9. The van der Waals surface area contributed by atoms with E-state index in [4.69, 9.17) is 4.98 Å². The number of aromatic nitrogens is 2. The van der Waals surface area contributed by atoms with Crippen LogP contribution in [0.2, 0.25) is 0 Å². The lowest BCUT2D eigenvalue weighted by molar-refractivity contribution is 0.0661. The molecule has 5 heteroatoms. The number of para-hydroxylation sites is 1. The van der Waals surface area contributed by atoms with E-state index >= 15 is 0 Å². The molecule has 3 aromatic rings. The lowest BCUT2D eigenvalue weighted by Crippen LogP contribution is -2.44. The van der Waals surface area contributed by atoms with Gasteiger partial charge in [-0.15, -0.1) is 0 Å². The van der Waals surface area contributed by atoms with Crippen LogP contribution in [-0.4, -0.2) is 58.9 Å². The molecular weight excluding hydrogens is 336 g/mol. The van der Waals surface area contributed by atoms with Crippen LogP contribution < -0.4 is 0 Å². The maximum atomic E-state index is 13.4. The number of fused-ring (bicyclic) bond motifs is 1. The molecule has 138 valence electrons. The van der Waals surface area contributed by atoms with Crippen molar-refractivity contribution in [2.75, 3.05) is 27.2 Å². The third-order valence-corrected chi connectivity index (χ3v) is 5.48. The first-order chi connectivity index (χ1) is 13.1. The topological polar surface area (TPSA) is 49.3 Å². The molecule has 0 aliphatic carbocycles. The number of pyridine rings is 2. The summed E-state index contributed by atoms with van der Waals surface area (Å²) in [4.78, 5) is 26.5. The zero-order valence-corrected chi connectivity index (χ0v) is 15.8. The highest BCUT2D eigenvalue weighted by Gasteiger charge is 2.26. The van der Waals surface area contributed by atoms with E-state index in [2.05, 4.69) is 16.9 Å². The lowest BCUT2D eigenvalue weighted by atomic mass is 10.0. The van der Waals surface area contributed by atoms with Gasteiger partial charge in [0.25, 0.3) is 5.91 Å². The van der Waals surface area contributed by atoms with Gasteiger partial charge in [-0.05, 0) is 57.2 Å². The van der Waals surface area contributed by atoms with Crippen LogP contribution in [0.3, 0.4) is 0 Å². The first-order valence-electron chi connectivity index (χ1n) is 9.39. The third-order valence-electron chi connectivity index (χ3n) is 5.48. The van der Waals surface area contributed by atoms with E-state index in [0.29, 0.717) is 5.56 Å². The van der Waals surface area contributed by atoms with Gasteiger partial charge in [-0.1, -0.05) is 18.2 Å². The summed E-state index contributed by atoms with van der Waals surface area (Å²) in [5.41, 5.74) is 3.32. The van der Waals surface area contributed by atoms with Crippen LogP contribution in [0.25, 0.3) is 22.2 Å². The summed E-state index contributed by atoms with van der Waals surface area (Å²) in [5, 5.41) is 0.903. The molecule has 0 bridgehead atoms. The molecular formula is C22H24N4O. The van der Waals surface area contributed by atoms with E-state index in [1.54, 1.807) is 12.4 Å². The van der Waals surface area contributed by atoms with Crippen LogP contribution in [0, 0.1) is 0 Å². The summed E-state index contributed by atoms with van der Waals surface area (Å²) >= 11 is 0. The highest BCUT2D eigenvalue weighted by molar-refractivity contribution is 6.07. The van der Waals surface area contributed by atoms with Gasteiger partial charge in [0, 0.05) is 36.4 Å². The molecule has 2 aromatic heterocycles. The second-order valence-corrected chi connectivity index (χ2v) is 7.26. The average molecular weight is 360 g/mol. The van der Waals surface area contributed by atoms with Gasteiger partial charge in [-0.2, -0.15) is 0 Å². The van der Waals surface area contributed by atoms with Crippen molar-refractivity contribution < 1.29 is 4.79 Å². The molecule has 1 fully saturated rings. The largest absolute Gasteiger partial charge is 0.339 e. The molecule has 27 heavy (non-hydrogen) atoms. The number of benzene rings is 1. The molecule has 0 N–H and O–H groups in total. The van der Waals surface area contributed by atoms with Crippen LogP contribution in [-0.2, 0) is 0 Å². The van der Waals surface area contributed by atoms with E-state index < -0.39 is 0 Å². The molecule has 0 atom stereocenters. The van der Waals surface area contributed by atoms with Gasteiger partial charge < -0.3 is 9.80 Å². The molecule has 5 nitrogen and oxygen atoms in total. The molecule has 3 heterocycles. The fraction of sp³-hybridized carbons (Fsp3) is 0.318. The summed E-state index contributed by atoms with van der Waals surface area (Å²) < 4.78 is 0. The van der Waals surface area contributed by atoms with Crippen molar-refractivity contribution in [3.8, 4) is 11.3 Å². The normalized spacial score (nSPS) is 15.8. The Morgan fingerprint density at radius 2 is 1.81 bits per heavy atom. The summed E-state index contributed by atoms with van der Waals surface area (Å²) in [7, 11) is 4.06. The van der Waals surface area contributed by atoms with Crippen molar-refractivity contribution in [1.29, 1.82) is 0 Å². The zero-order valence-electron chi connectivity index (χ0n) is 15.8. The van der Waals surface area contributed by atoms with E-state index in [1.807, 2.05) is 54.4 Å². The zero-order chi connectivity index (χ0) is 18.8. The Morgan fingerprint density at radius 1 is 1.11 bits per heavy atom. The molecule has 1 aliphatic heterocycles. The number of carbonyl (C=O) groups excluding carboxylic acids is 1. The minimum Gasteiger partial charge on any atom is -0.339 e. The number of hydrogen-bond donors (Lipinski definition) is 0. The second-order valence-electron chi connectivity index (χ2n) is 7.26. The van der Waals surface area contributed by atoms with Crippen molar-refractivity contribution in [2.45, 2.75) is 18.9 Å². The number of amides is 1. The number of piperidine rings is 1. The standard InChI is InChI=1S/C22H24N4O/c1-25-13-9-17(10-14-25)26(2)22(27)19-15-21(16-7-11-23-12-8-16)24-20-6-4-3-5-18(19)20/h3-8,11-12,15,17H,9-10,13-14H2,1-2H3. The first kappa shape index (κ1) is 17.6. The first-order valence-corrected chi connectivity index (χ1v) is 9.39. The fourth-order valence-corrected chi connectivity index (χ4v) is 3.76. The van der Waals surface area contributed by atoms with Crippen LogP contribution in [0.15, 0.2) is 54.9 Å². The van der Waals surface area contributed by atoms with Gasteiger partial charge in [-0.3, -0.25) is 9.78 Å². The number of likely N-dealkylation sites (tertiary alicyclic amines) is 1. The lowest BCUT2D eigenvalue weighted by Gasteiger charge is -2.35. The highest BCUT2D eigenvalue weighted by Crippen LogP contribution is 2.26. The van der Waals surface area contributed by atoms with Gasteiger partial charge in [0.15, 0.2) is 0 Å². The third kappa shape index (κ3) is 3.55. The number of hydrogen-bond acceptors (Lipinski definition) is 4. The minimum absolute atomic E-state index is 0.0680. The Balaban J connectivity index is 1.74.